The fourth-order valence-corrected chi connectivity index (χ4v) is 3.84. The minimum atomic E-state index is -0.472. The molecule has 3 aromatic rings. The van der Waals surface area contributed by atoms with Crippen molar-refractivity contribution in [2.24, 2.45) is 0 Å². The number of nitrogens with one attached hydrogen (secondary N) is 1. The van der Waals surface area contributed by atoms with Crippen LogP contribution in [0.1, 0.15) is 39.7 Å². The maximum atomic E-state index is 12.9. The van der Waals surface area contributed by atoms with E-state index in [1.165, 1.54) is 23.8 Å². The molecule has 26 heavy (non-hydrogen) atoms. The van der Waals surface area contributed by atoms with Gasteiger partial charge in [0.25, 0.3) is 5.56 Å². The van der Waals surface area contributed by atoms with Crippen LogP contribution in [0.4, 0.5) is 0 Å². The first-order valence-corrected chi connectivity index (χ1v) is 9.41. The number of fused-ring (bicyclic) bond motifs is 1. The van der Waals surface area contributed by atoms with Crippen LogP contribution in [-0.4, -0.2) is 15.3 Å². The topological polar surface area (TPSA) is 71.9 Å². The van der Waals surface area contributed by atoms with Crippen molar-refractivity contribution >= 4 is 27.3 Å². The summed E-state index contributed by atoms with van der Waals surface area (Å²) in [5.74, 6) is -0.0558. The molecule has 0 saturated heterocycles. The Kier molecular flexibility index (Phi) is 4.71. The number of aromatic nitrogens is 2. The Bertz CT molecular complexity index is 1080. The highest BCUT2D eigenvalue weighted by Crippen LogP contribution is 2.32. The molecule has 0 aliphatic rings. The highest BCUT2D eigenvalue weighted by atomic mass is 32.1. The highest BCUT2D eigenvalue weighted by Gasteiger charge is 2.17. The molecule has 1 aromatic carbocycles. The van der Waals surface area contributed by atoms with Gasteiger partial charge >= 0.3 is 5.69 Å². The largest absolute Gasteiger partial charge is 0.329 e. The molecule has 0 atom stereocenters. The Hall–Kier alpha value is -2.47. The lowest BCUT2D eigenvalue weighted by molar-refractivity contribution is -0.117. The number of rotatable bonds is 4. The second-order valence-corrected chi connectivity index (χ2v) is 8.40. The molecule has 2 aromatic heterocycles. The van der Waals surface area contributed by atoms with Gasteiger partial charge in [0, 0.05) is 23.9 Å². The third kappa shape index (κ3) is 3.42. The Balaban J connectivity index is 2.13. The van der Waals surface area contributed by atoms with Crippen molar-refractivity contribution in [3.05, 3.63) is 56.0 Å². The van der Waals surface area contributed by atoms with E-state index < -0.39 is 5.69 Å². The maximum absolute atomic E-state index is 12.9. The van der Waals surface area contributed by atoms with Gasteiger partial charge in [-0.2, -0.15) is 0 Å². The standard InChI is InChI=1S/C20H22N2O3S/c1-12(23)9-10-22-18(24)16-15(11-26-17(16)21-19(22)25)13-5-7-14(8-6-13)20(2,3)4/h5-8,11H,9-10H2,1-4H3,(H,21,25). The van der Waals surface area contributed by atoms with Crippen LogP contribution in [0, 0.1) is 0 Å². The molecule has 136 valence electrons. The third-order valence-corrected chi connectivity index (χ3v) is 5.36. The zero-order valence-electron chi connectivity index (χ0n) is 15.4. The van der Waals surface area contributed by atoms with Gasteiger partial charge in [0.1, 0.15) is 10.6 Å². The van der Waals surface area contributed by atoms with E-state index in [4.69, 9.17) is 0 Å². The lowest BCUT2D eigenvalue weighted by Gasteiger charge is -2.19. The van der Waals surface area contributed by atoms with Crippen LogP contribution >= 0.6 is 11.3 Å². The normalized spacial score (nSPS) is 11.8. The maximum Gasteiger partial charge on any atom is 0.329 e. The van der Waals surface area contributed by atoms with Gasteiger partial charge in [-0.3, -0.25) is 19.1 Å². The molecule has 0 bridgehead atoms. The second kappa shape index (κ2) is 6.68. The summed E-state index contributed by atoms with van der Waals surface area (Å²) < 4.78 is 1.11. The predicted octanol–water partition coefficient (Wildman–Crippen LogP) is 3.69. The van der Waals surface area contributed by atoms with Crippen molar-refractivity contribution < 1.29 is 4.79 Å². The zero-order chi connectivity index (χ0) is 19.1. The number of benzene rings is 1. The van der Waals surface area contributed by atoms with Crippen LogP contribution in [0.15, 0.2) is 39.2 Å². The summed E-state index contributed by atoms with van der Waals surface area (Å²) in [6.45, 7) is 8.00. The van der Waals surface area contributed by atoms with Gasteiger partial charge < -0.3 is 0 Å². The number of hydrogen-bond acceptors (Lipinski definition) is 4. The van der Waals surface area contributed by atoms with Crippen molar-refractivity contribution in [2.45, 2.75) is 46.1 Å². The summed E-state index contributed by atoms with van der Waals surface area (Å²) in [6.07, 6.45) is 0.161. The van der Waals surface area contributed by atoms with Crippen LogP contribution in [0.3, 0.4) is 0 Å². The average molecular weight is 370 g/mol. The first-order chi connectivity index (χ1) is 12.2. The van der Waals surface area contributed by atoms with E-state index in [9.17, 15) is 14.4 Å². The number of carbonyl (C=O) groups is 1. The quantitative estimate of drug-likeness (QED) is 0.761. The molecule has 0 aliphatic carbocycles. The van der Waals surface area contributed by atoms with Crippen LogP contribution in [-0.2, 0) is 16.8 Å². The second-order valence-electron chi connectivity index (χ2n) is 7.52. The van der Waals surface area contributed by atoms with E-state index in [2.05, 4.69) is 37.9 Å². The molecule has 1 N–H and O–H groups in total. The summed E-state index contributed by atoms with van der Waals surface area (Å²) in [4.78, 5) is 39.6. The number of thiophene rings is 1. The monoisotopic (exact) mass is 370 g/mol. The molecule has 0 fully saturated rings. The molecule has 0 unspecified atom stereocenters. The van der Waals surface area contributed by atoms with Crippen LogP contribution < -0.4 is 11.2 Å². The van der Waals surface area contributed by atoms with Gasteiger partial charge in [0.05, 0.1) is 5.39 Å². The van der Waals surface area contributed by atoms with Crippen molar-refractivity contribution in [3.8, 4) is 11.1 Å². The van der Waals surface area contributed by atoms with Gasteiger partial charge in [-0.1, -0.05) is 45.0 Å². The molecular weight excluding hydrogens is 348 g/mol. The number of nitrogens with zero attached hydrogens (tertiary/aromatic N) is 1. The highest BCUT2D eigenvalue weighted by molar-refractivity contribution is 7.17. The minimum Gasteiger partial charge on any atom is -0.300 e. The van der Waals surface area contributed by atoms with E-state index in [1.54, 1.807) is 0 Å². The van der Waals surface area contributed by atoms with Gasteiger partial charge in [0.15, 0.2) is 0 Å². The smallest absolute Gasteiger partial charge is 0.300 e. The van der Waals surface area contributed by atoms with Crippen LogP contribution in [0.5, 0.6) is 0 Å². The molecular formula is C20H22N2O3S. The fourth-order valence-electron chi connectivity index (χ4n) is 2.89. The molecule has 5 nitrogen and oxygen atoms in total. The Morgan fingerprint density at radius 1 is 1.15 bits per heavy atom. The summed E-state index contributed by atoms with van der Waals surface area (Å²) in [5.41, 5.74) is 2.20. The summed E-state index contributed by atoms with van der Waals surface area (Å²) >= 11 is 1.34. The minimum absolute atomic E-state index is 0.0554. The molecule has 0 radical (unpaired) electrons. The molecule has 0 saturated carbocycles. The third-order valence-electron chi connectivity index (χ3n) is 4.47. The number of H-pyrrole nitrogens is 1. The zero-order valence-corrected chi connectivity index (χ0v) is 16.2. The van der Waals surface area contributed by atoms with Crippen LogP contribution in [0.25, 0.3) is 21.3 Å². The fraction of sp³-hybridized carbons (Fsp3) is 0.350. The average Bonchev–Trinajstić information content (AvgIpc) is 2.97. The number of aromatic amines is 1. The van der Waals surface area contributed by atoms with E-state index in [1.807, 2.05) is 17.5 Å². The summed E-state index contributed by atoms with van der Waals surface area (Å²) in [5, 5.41) is 2.39. The SMILES string of the molecule is CC(=O)CCn1c(=O)[nH]c2scc(-c3ccc(C(C)(C)C)cc3)c2c1=O. The number of hydrogen-bond donors (Lipinski definition) is 1. The molecule has 0 amide bonds. The first kappa shape index (κ1) is 18.3. The van der Waals surface area contributed by atoms with E-state index in [0.717, 1.165) is 15.7 Å². The van der Waals surface area contributed by atoms with Gasteiger partial charge in [-0.15, -0.1) is 11.3 Å². The van der Waals surface area contributed by atoms with Gasteiger partial charge in [0.2, 0.25) is 0 Å². The number of carbonyl (C=O) groups excluding carboxylic acids is 1. The predicted molar refractivity (Wildman–Crippen MR) is 106 cm³/mol. The lowest BCUT2D eigenvalue weighted by atomic mass is 9.86. The van der Waals surface area contributed by atoms with Gasteiger partial charge in [-0.25, -0.2) is 4.79 Å². The van der Waals surface area contributed by atoms with Crippen LogP contribution in [0.2, 0.25) is 0 Å². The molecule has 6 heteroatoms. The van der Waals surface area contributed by atoms with Crippen molar-refractivity contribution in [2.75, 3.05) is 0 Å². The molecule has 0 spiro atoms. The Morgan fingerprint density at radius 2 is 1.81 bits per heavy atom. The van der Waals surface area contributed by atoms with E-state index >= 15 is 0 Å². The van der Waals surface area contributed by atoms with Gasteiger partial charge in [-0.05, 0) is 23.5 Å². The molecule has 0 aliphatic heterocycles. The Labute approximate surface area is 155 Å². The van der Waals surface area contributed by atoms with E-state index in [-0.39, 0.29) is 29.7 Å². The first-order valence-electron chi connectivity index (χ1n) is 8.53. The molecule has 2 heterocycles. The summed E-state index contributed by atoms with van der Waals surface area (Å²) in [7, 11) is 0. The Morgan fingerprint density at radius 3 is 2.38 bits per heavy atom. The number of Topliss-reactive ketones (excluding diaryl/α,β-unsaturated/α-hetero) is 1. The summed E-state index contributed by atoms with van der Waals surface area (Å²) in [6, 6.07) is 8.15. The molecule has 3 rings (SSSR count). The van der Waals surface area contributed by atoms with Crippen molar-refractivity contribution in [1.82, 2.24) is 9.55 Å². The van der Waals surface area contributed by atoms with Crippen molar-refractivity contribution in [3.63, 3.8) is 0 Å². The van der Waals surface area contributed by atoms with E-state index in [0.29, 0.717) is 10.2 Å². The van der Waals surface area contributed by atoms with Crippen molar-refractivity contribution in [1.29, 1.82) is 0 Å². The lowest BCUT2D eigenvalue weighted by Crippen LogP contribution is -2.35. The number of ketones is 1.